The molecule has 1 heterocycles. The molecule has 0 radical (unpaired) electrons. The van der Waals surface area contributed by atoms with Gasteiger partial charge in [0.1, 0.15) is 17.4 Å². The number of nitrogens with one attached hydrogen (secondary N) is 2. The maximum absolute atomic E-state index is 13.7. The second kappa shape index (κ2) is 8.36. The Kier molecular flexibility index (Phi) is 5.45. The number of benzene rings is 2. The molecule has 0 spiro atoms. The third-order valence-electron chi connectivity index (χ3n) is 7.70. The zero-order chi connectivity index (χ0) is 24.9. The van der Waals surface area contributed by atoms with Gasteiger partial charge in [-0.25, -0.2) is 9.07 Å². The molecule has 2 aliphatic carbocycles. The molecule has 0 saturated heterocycles. The van der Waals surface area contributed by atoms with E-state index in [1.807, 2.05) is 29.2 Å². The van der Waals surface area contributed by atoms with E-state index in [9.17, 15) is 14.8 Å². The highest BCUT2D eigenvalue weighted by molar-refractivity contribution is 5.95. The Hall–Kier alpha value is -3.96. The zero-order valence-corrected chi connectivity index (χ0v) is 19.5. The molecule has 0 unspecified atom stereocenters. The van der Waals surface area contributed by atoms with Gasteiger partial charge in [-0.2, -0.15) is 10.4 Å². The molecule has 2 aromatic carbocycles. The van der Waals surface area contributed by atoms with Crippen molar-refractivity contribution in [1.29, 1.82) is 10.7 Å². The number of hydrogen-bond acceptors (Lipinski definition) is 5. The molecule has 7 nitrogen and oxygen atoms in total. The average Bonchev–Trinajstić information content (AvgIpc) is 3.27. The van der Waals surface area contributed by atoms with Crippen molar-refractivity contribution in [3.8, 4) is 23.0 Å². The molecular formula is C27H26FN5O2. The Labute approximate surface area is 202 Å². The SMILES string of the molecule is C[C@H]1C(O)=C(C#N)C[C@@]2(C)c3c(c(-c4ccc(F)cc4)nn3-c3ccc(C(=N)NO)cc3)CC[C@H]12. The molecule has 0 saturated carbocycles. The van der Waals surface area contributed by atoms with Crippen molar-refractivity contribution in [3.05, 3.63) is 82.5 Å². The van der Waals surface area contributed by atoms with Crippen LogP contribution in [0.2, 0.25) is 0 Å². The van der Waals surface area contributed by atoms with Crippen molar-refractivity contribution >= 4 is 5.84 Å². The third-order valence-corrected chi connectivity index (χ3v) is 7.70. The van der Waals surface area contributed by atoms with Gasteiger partial charge >= 0.3 is 0 Å². The first-order valence-electron chi connectivity index (χ1n) is 11.6. The van der Waals surface area contributed by atoms with Crippen LogP contribution in [0.1, 0.15) is 43.5 Å². The lowest BCUT2D eigenvalue weighted by Crippen LogP contribution is -2.45. The maximum atomic E-state index is 13.7. The normalized spacial score (nSPS) is 23.3. The summed E-state index contributed by atoms with van der Waals surface area (Å²) in [6, 6.07) is 15.6. The van der Waals surface area contributed by atoms with E-state index in [2.05, 4.69) is 13.0 Å². The van der Waals surface area contributed by atoms with Crippen LogP contribution in [-0.2, 0) is 11.8 Å². The summed E-state index contributed by atoms with van der Waals surface area (Å²) in [6.45, 7) is 4.12. The quantitative estimate of drug-likeness (QED) is 0.239. The van der Waals surface area contributed by atoms with Gasteiger partial charge in [-0.3, -0.25) is 16.1 Å². The van der Waals surface area contributed by atoms with Crippen molar-refractivity contribution in [2.75, 3.05) is 0 Å². The largest absolute Gasteiger partial charge is 0.511 e. The van der Waals surface area contributed by atoms with Crippen LogP contribution < -0.4 is 5.48 Å². The molecule has 2 aliphatic rings. The summed E-state index contributed by atoms with van der Waals surface area (Å²) < 4.78 is 15.6. The van der Waals surface area contributed by atoms with Gasteiger partial charge in [-0.05, 0) is 73.7 Å². The predicted molar refractivity (Wildman–Crippen MR) is 129 cm³/mol. The van der Waals surface area contributed by atoms with E-state index in [1.54, 1.807) is 24.3 Å². The lowest BCUT2D eigenvalue weighted by molar-refractivity contribution is 0.134. The van der Waals surface area contributed by atoms with Crippen LogP contribution in [0, 0.1) is 34.4 Å². The van der Waals surface area contributed by atoms with E-state index < -0.39 is 5.41 Å². The Bertz CT molecular complexity index is 1380. The van der Waals surface area contributed by atoms with E-state index in [0.717, 1.165) is 41.0 Å². The first-order valence-corrected chi connectivity index (χ1v) is 11.6. The lowest BCUT2D eigenvalue weighted by Gasteiger charge is -2.47. The van der Waals surface area contributed by atoms with Crippen LogP contribution in [0.4, 0.5) is 4.39 Å². The second-order valence-electron chi connectivity index (χ2n) is 9.63. The first kappa shape index (κ1) is 22.8. The molecule has 3 aromatic rings. The van der Waals surface area contributed by atoms with Gasteiger partial charge in [0.15, 0.2) is 0 Å². The van der Waals surface area contributed by atoms with Crippen LogP contribution >= 0.6 is 0 Å². The number of aliphatic hydroxyl groups excluding tert-OH is 1. The molecule has 0 aliphatic heterocycles. The van der Waals surface area contributed by atoms with Crippen molar-refractivity contribution in [3.63, 3.8) is 0 Å². The van der Waals surface area contributed by atoms with E-state index in [-0.39, 0.29) is 29.2 Å². The highest BCUT2D eigenvalue weighted by atomic mass is 19.1. The fourth-order valence-electron chi connectivity index (χ4n) is 5.96. The first-order chi connectivity index (χ1) is 16.8. The topological polar surface area (TPSA) is 118 Å². The highest BCUT2D eigenvalue weighted by Crippen LogP contribution is 2.55. The summed E-state index contributed by atoms with van der Waals surface area (Å²) in [4.78, 5) is 0. The molecule has 35 heavy (non-hydrogen) atoms. The molecule has 5 rings (SSSR count). The van der Waals surface area contributed by atoms with Gasteiger partial charge in [0, 0.05) is 28.0 Å². The lowest BCUT2D eigenvalue weighted by atomic mass is 9.56. The second-order valence-corrected chi connectivity index (χ2v) is 9.63. The van der Waals surface area contributed by atoms with Crippen LogP contribution in [0.5, 0.6) is 0 Å². The minimum Gasteiger partial charge on any atom is -0.511 e. The number of nitriles is 1. The Balaban J connectivity index is 1.74. The number of halogens is 1. The molecule has 3 atom stereocenters. The minimum atomic E-state index is -0.451. The summed E-state index contributed by atoms with van der Waals surface area (Å²) in [5.41, 5.74) is 6.74. The number of hydroxylamine groups is 1. The molecule has 1 aromatic heterocycles. The monoisotopic (exact) mass is 471 g/mol. The van der Waals surface area contributed by atoms with Crippen LogP contribution in [-0.4, -0.2) is 25.9 Å². The summed E-state index contributed by atoms with van der Waals surface area (Å²) in [5.74, 6) is -0.284. The summed E-state index contributed by atoms with van der Waals surface area (Å²) in [5, 5.41) is 42.3. The van der Waals surface area contributed by atoms with Gasteiger partial charge < -0.3 is 5.11 Å². The van der Waals surface area contributed by atoms with Gasteiger partial charge in [-0.15, -0.1) is 0 Å². The molecule has 8 heteroatoms. The van der Waals surface area contributed by atoms with Crippen molar-refractivity contribution in [1.82, 2.24) is 15.3 Å². The van der Waals surface area contributed by atoms with E-state index in [4.69, 9.17) is 15.7 Å². The van der Waals surface area contributed by atoms with Crippen LogP contribution in [0.3, 0.4) is 0 Å². The number of rotatable bonds is 3. The van der Waals surface area contributed by atoms with Crippen molar-refractivity contribution in [2.45, 2.75) is 38.5 Å². The molecule has 0 bridgehead atoms. The predicted octanol–water partition coefficient (Wildman–Crippen LogP) is 5.18. The molecule has 0 amide bonds. The Morgan fingerprint density at radius 1 is 1.23 bits per heavy atom. The van der Waals surface area contributed by atoms with Gasteiger partial charge in [-0.1, -0.05) is 13.8 Å². The summed E-state index contributed by atoms with van der Waals surface area (Å²) in [6.07, 6.45) is 1.99. The standard InChI is InChI=1S/C27H26FN5O2/c1-15-22-12-11-21-23(16-3-7-19(28)8-4-16)31-33(20-9-5-17(6-10-20)26(30)32-35)25(21)27(22,2)13-18(14-29)24(15)34/h3-10,15,22,34-35H,11-13H2,1-2H3,(H2,30,32)/t15-,22-,27-/m1/s1. The molecular weight excluding hydrogens is 445 g/mol. The van der Waals surface area contributed by atoms with Gasteiger partial charge in [0.25, 0.3) is 0 Å². The van der Waals surface area contributed by atoms with E-state index >= 15 is 0 Å². The Morgan fingerprint density at radius 3 is 2.54 bits per heavy atom. The fourth-order valence-corrected chi connectivity index (χ4v) is 5.96. The number of hydrogen-bond donors (Lipinski definition) is 4. The number of aliphatic hydroxyl groups is 1. The molecule has 0 fully saturated rings. The third kappa shape index (κ3) is 3.51. The van der Waals surface area contributed by atoms with Crippen molar-refractivity contribution < 1.29 is 14.7 Å². The number of nitrogens with zero attached hydrogens (tertiary/aromatic N) is 3. The Morgan fingerprint density at radius 2 is 1.91 bits per heavy atom. The maximum Gasteiger partial charge on any atom is 0.149 e. The van der Waals surface area contributed by atoms with E-state index in [0.29, 0.717) is 17.6 Å². The van der Waals surface area contributed by atoms with E-state index in [1.165, 1.54) is 12.1 Å². The van der Waals surface area contributed by atoms with Gasteiger partial charge in [0.2, 0.25) is 0 Å². The summed E-state index contributed by atoms with van der Waals surface area (Å²) >= 11 is 0. The number of allylic oxidation sites excluding steroid dienone is 2. The highest BCUT2D eigenvalue weighted by Gasteiger charge is 2.51. The number of fused-ring (bicyclic) bond motifs is 3. The average molecular weight is 472 g/mol. The van der Waals surface area contributed by atoms with Crippen molar-refractivity contribution in [2.24, 2.45) is 11.8 Å². The number of amidine groups is 1. The minimum absolute atomic E-state index is 0.113. The smallest absolute Gasteiger partial charge is 0.149 e. The summed E-state index contributed by atoms with van der Waals surface area (Å²) in [7, 11) is 0. The van der Waals surface area contributed by atoms with Gasteiger partial charge in [0.05, 0.1) is 28.7 Å². The van der Waals surface area contributed by atoms with Crippen LogP contribution in [0.15, 0.2) is 59.9 Å². The fraction of sp³-hybridized carbons (Fsp3) is 0.296. The molecule has 178 valence electrons. The molecule has 4 N–H and O–H groups in total. The van der Waals surface area contributed by atoms with Crippen LogP contribution in [0.25, 0.3) is 16.9 Å². The number of aromatic nitrogens is 2. The zero-order valence-electron chi connectivity index (χ0n) is 19.5.